The number of hydrogen-bond acceptors (Lipinski definition) is 3. The maximum absolute atomic E-state index is 13.4. The molecule has 0 aliphatic heterocycles. The zero-order valence-corrected chi connectivity index (χ0v) is 11.1. The first kappa shape index (κ1) is 14.8. The topological polar surface area (TPSA) is 75.3 Å². The number of carbonyl (C=O) groups excluding carboxylic acids is 1. The number of rotatable bonds is 4. The summed E-state index contributed by atoms with van der Waals surface area (Å²) in [4.78, 5) is 11.7. The van der Waals surface area contributed by atoms with E-state index in [2.05, 4.69) is 5.32 Å². The molecule has 2 aromatic rings. The number of nitrogens with one attached hydrogen (secondary N) is 1. The molecular formula is C15H14F2N2O2. The van der Waals surface area contributed by atoms with Crippen molar-refractivity contribution >= 4 is 11.6 Å². The van der Waals surface area contributed by atoms with Crippen LogP contribution in [-0.4, -0.2) is 11.0 Å². The average Bonchev–Trinajstić information content (AvgIpc) is 2.44. The average molecular weight is 292 g/mol. The molecular weight excluding hydrogens is 278 g/mol. The lowest BCUT2D eigenvalue weighted by molar-refractivity contribution is -0.120. The zero-order valence-electron chi connectivity index (χ0n) is 11.1. The molecule has 6 heteroatoms. The van der Waals surface area contributed by atoms with E-state index in [0.717, 1.165) is 12.1 Å². The van der Waals surface area contributed by atoms with Gasteiger partial charge in [-0.25, -0.2) is 8.78 Å². The fourth-order valence-electron chi connectivity index (χ4n) is 1.87. The van der Waals surface area contributed by atoms with Crippen molar-refractivity contribution in [3.8, 4) is 5.75 Å². The van der Waals surface area contributed by atoms with Gasteiger partial charge < -0.3 is 16.2 Å². The van der Waals surface area contributed by atoms with Crippen LogP contribution in [0.1, 0.15) is 11.1 Å². The Hall–Kier alpha value is -2.63. The maximum Gasteiger partial charge on any atom is 0.224 e. The number of amides is 1. The molecule has 0 spiro atoms. The number of carbonyl (C=O) groups is 1. The summed E-state index contributed by atoms with van der Waals surface area (Å²) in [6.45, 7) is 0.0196. The van der Waals surface area contributed by atoms with E-state index in [1.54, 1.807) is 0 Å². The number of nitrogen functional groups attached to an aromatic ring is 1. The number of hydrogen-bond donors (Lipinski definition) is 3. The molecule has 2 aromatic carbocycles. The lowest BCUT2D eigenvalue weighted by Crippen LogP contribution is -2.25. The Kier molecular flexibility index (Phi) is 4.37. The third kappa shape index (κ3) is 3.68. The Labute approximate surface area is 120 Å². The second-order valence-electron chi connectivity index (χ2n) is 4.54. The van der Waals surface area contributed by atoms with E-state index in [1.807, 2.05) is 0 Å². The van der Waals surface area contributed by atoms with Crippen molar-refractivity contribution in [1.29, 1.82) is 0 Å². The van der Waals surface area contributed by atoms with Gasteiger partial charge in [-0.2, -0.15) is 0 Å². The molecule has 0 atom stereocenters. The van der Waals surface area contributed by atoms with Crippen LogP contribution in [-0.2, 0) is 17.8 Å². The van der Waals surface area contributed by atoms with Gasteiger partial charge in [-0.1, -0.05) is 6.07 Å². The second-order valence-corrected chi connectivity index (χ2v) is 4.54. The normalized spacial score (nSPS) is 10.4. The SMILES string of the molecule is Nc1ccc(O)c(CNC(=O)Cc2c(F)cccc2F)c1. The summed E-state index contributed by atoms with van der Waals surface area (Å²) < 4.78 is 26.8. The molecule has 4 N–H and O–H groups in total. The molecule has 0 heterocycles. The van der Waals surface area contributed by atoms with Gasteiger partial charge in [-0.3, -0.25) is 4.79 Å². The minimum atomic E-state index is -0.767. The first-order valence-electron chi connectivity index (χ1n) is 6.24. The molecule has 1 amide bonds. The minimum Gasteiger partial charge on any atom is -0.508 e. The molecule has 0 radical (unpaired) electrons. The van der Waals surface area contributed by atoms with Gasteiger partial charge in [-0.15, -0.1) is 0 Å². The van der Waals surface area contributed by atoms with Gasteiger partial charge in [-0.05, 0) is 30.3 Å². The summed E-state index contributed by atoms with van der Waals surface area (Å²) in [5.74, 6) is -2.10. The molecule has 0 aliphatic rings. The first-order valence-corrected chi connectivity index (χ1v) is 6.24. The van der Waals surface area contributed by atoms with Crippen molar-refractivity contribution in [2.75, 3.05) is 5.73 Å². The van der Waals surface area contributed by atoms with E-state index in [1.165, 1.54) is 24.3 Å². The van der Waals surface area contributed by atoms with Crippen molar-refractivity contribution in [1.82, 2.24) is 5.32 Å². The zero-order chi connectivity index (χ0) is 15.4. The van der Waals surface area contributed by atoms with Gasteiger partial charge in [0, 0.05) is 23.4 Å². The Balaban J connectivity index is 2.01. The van der Waals surface area contributed by atoms with E-state index >= 15 is 0 Å². The van der Waals surface area contributed by atoms with Crippen LogP contribution < -0.4 is 11.1 Å². The summed E-state index contributed by atoms with van der Waals surface area (Å²) in [6, 6.07) is 7.86. The smallest absolute Gasteiger partial charge is 0.224 e. The molecule has 0 fully saturated rings. The Morgan fingerprint density at radius 3 is 2.52 bits per heavy atom. The number of benzene rings is 2. The molecule has 0 saturated heterocycles. The summed E-state index contributed by atoms with van der Waals surface area (Å²) in [7, 11) is 0. The summed E-state index contributed by atoms with van der Waals surface area (Å²) in [6.07, 6.45) is -0.415. The van der Waals surface area contributed by atoms with Crippen LogP contribution in [0.3, 0.4) is 0 Å². The minimum absolute atomic E-state index is 0.0124. The Morgan fingerprint density at radius 1 is 1.19 bits per heavy atom. The molecule has 0 unspecified atom stereocenters. The number of aromatic hydroxyl groups is 1. The number of anilines is 1. The number of phenolic OH excluding ortho intramolecular Hbond substituents is 1. The lowest BCUT2D eigenvalue weighted by Gasteiger charge is -2.09. The summed E-state index contributed by atoms with van der Waals surface area (Å²) >= 11 is 0. The molecule has 0 aliphatic carbocycles. The van der Waals surface area contributed by atoms with Crippen LogP contribution >= 0.6 is 0 Å². The van der Waals surface area contributed by atoms with Crippen LogP contribution in [0.2, 0.25) is 0 Å². The molecule has 2 rings (SSSR count). The number of nitrogens with two attached hydrogens (primary N) is 1. The van der Waals surface area contributed by atoms with Crippen molar-refractivity contribution in [2.24, 2.45) is 0 Å². The molecule has 0 aromatic heterocycles. The monoisotopic (exact) mass is 292 g/mol. The molecule has 110 valence electrons. The van der Waals surface area contributed by atoms with E-state index in [-0.39, 0.29) is 17.9 Å². The fourth-order valence-corrected chi connectivity index (χ4v) is 1.87. The van der Waals surface area contributed by atoms with Crippen LogP contribution in [0.15, 0.2) is 36.4 Å². The van der Waals surface area contributed by atoms with Gasteiger partial charge in [0.1, 0.15) is 17.4 Å². The Morgan fingerprint density at radius 2 is 1.86 bits per heavy atom. The van der Waals surface area contributed by atoms with Gasteiger partial charge in [0.15, 0.2) is 0 Å². The second kappa shape index (κ2) is 6.21. The van der Waals surface area contributed by atoms with Gasteiger partial charge in [0.2, 0.25) is 5.91 Å². The highest BCUT2D eigenvalue weighted by molar-refractivity contribution is 5.78. The summed E-state index contributed by atoms with van der Waals surface area (Å²) in [5, 5.41) is 12.1. The van der Waals surface area contributed by atoms with Gasteiger partial charge >= 0.3 is 0 Å². The van der Waals surface area contributed by atoms with Crippen molar-refractivity contribution in [3.05, 3.63) is 59.2 Å². The van der Waals surface area contributed by atoms with Gasteiger partial charge in [0.25, 0.3) is 0 Å². The van der Waals surface area contributed by atoms with Crippen LogP contribution in [0.4, 0.5) is 14.5 Å². The number of halogens is 2. The highest BCUT2D eigenvalue weighted by Crippen LogP contribution is 2.19. The van der Waals surface area contributed by atoms with Crippen LogP contribution in [0, 0.1) is 11.6 Å². The molecule has 0 bridgehead atoms. The number of phenols is 1. The van der Waals surface area contributed by atoms with E-state index in [0.29, 0.717) is 11.3 Å². The molecule has 0 saturated carbocycles. The fraction of sp³-hybridized carbons (Fsp3) is 0.133. The first-order chi connectivity index (χ1) is 9.97. The van der Waals surface area contributed by atoms with Gasteiger partial charge in [0.05, 0.1) is 6.42 Å². The third-order valence-corrected chi connectivity index (χ3v) is 2.98. The van der Waals surface area contributed by atoms with Crippen molar-refractivity contribution in [2.45, 2.75) is 13.0 Å². The largest absolute Gasteiger partial charge is 0.508 e. The Bertz CT molecular complexity index is 654. The van der Waals surface area contributed by atoms with Crippen LogP contribution in [0.25, 0.3) is 0 Å². The lowest BCUT2D eigenvalue weighted by atomic mass is 10.1. The van der Waals surface area contributed by atoms with Crippen LogP contribution in [0.5, 0.6) is 5.75 Å². The van der Waals surface area contributed by atoms with Crippen molar-refractivity contribution < 1.29 is 18.7 Å². The summed E-state index contributed by atoms with van der Waals surface area (Å²) in [5.41, 5.74) is 6.16. The van der Waals surface area contributed by atoms with E-state index in [4.69, 9.17) is 5.73 Å². The standard InChI is InChI=1S/C15H14F2N2O2/c16-12-2-1-3-13(17)11(12)7-15(21)19-8-9-6-10(18)4-5-14(9)20/h1-6,20H,7-8,18H2,(H,19,21). The molecule has 4 nitrogen and oxygen atoms in total. The van der Waals surface area contributed by atoms with E-state index in [9.17, 15) is 18.7 Å². The van der Waals surface area contributed by atoms with Crippen molar-refractivity contribution in [3.63, 3.8) is 0 Å². The molecule has 21 heavy (non-hydrogen) atoms. The van der Waals surface area contributed by atoms with E-state index < -0.39 is 24.0 Å². The highest BCUT2D eigenvalue weighted by atomic mass is 19.1. The quantitative estimate of drug-likeness (QED) is 0.597. The predicted molar refractivity (Wildman–Crippen MR) is 74.4 cm³/mol. The highest BCUT2D eigenvalue weighted by Gasteiger charge is 2.13. The predicted octanol–water partition coefficient (Wildman–Crippen LogP) is 2.11. The maximum atomic E-state index is 13.4. The third-order valence-electron chi connectivity index (χ3n) is 2.98.